The summed E-state index contributed by atoms with van der Waals surface area (Å²) in [7, 11) is -3.86. The van der Waals surface area contributed by atoms with Crippen LogP contribution in [-0.2, 0) is 16.6 Å². The number of nitrogen functional groups attached to an aromatic ring is 1. The van der Waals surface area contributed by atoms with Gasteiger partial charge in [0, 0.05) is 12.2 Å². The van der Waals surface area contributed by atoms with Crippen molar-refractivity contribution in [3.05, 3.63) is 89.5 Å². The van der Waals surface area contributed by atoms with Gasteiger partial charge in [0.05, 0.1) is 15.9 Å². The summed E-state index contributed by atoms with van der Waals surface area (Å²) < 4.78 is 24.9. The van der Waals surface area contributed by atoms with Crippen molar-refractivity contribution < 1.29 is 13.2 Å². The number of benzene rings is 3. The Bertz CT molecular complexity index is 1690. The lowest BCUT2D eigenvalue weighted by Crippen LogP contribution is -2.24. The monoisotopic (exact) mass is 486 g/mol. The minimum Gasteiger partial charge on any atom is -0.384 e. The maximum atomic E-state index is 13.3. The molecule has 5 aromatic rings. The summed E-state index contributed by atoms with van der Waals surface area (Å²) in [5, 5.41) is 8.14. The van der Waals surface area contributed by atoms with Crippen LogP contribution in [0.1, 0.15) is 21.5 Å². The first-order chi connectivity index (χ1) is 16.7. The second-order valence-electron chi connectivity index (χ2n) is 8.19. The molecule has 0 aliphatic heterocycles. The zero-order valence-electron chi connectivity index (χ0n) is 18.8. The lowest BCUT2D eigenvalue weighted by Gasteiger charge is -2.09. The second kappa shape index (κ2) is 8.49. The van der Waals surface area contributed by atoms with Crippen LogP contribution in [0, 0.1) is 6.92 Å². The third kappa shape index (κ3) is 4.20. The van der Waals surface area contributed by atoms with Gasteiger partial charge in [-0.15, -0.1) is 0 Å². The summed E-state index contributed by atoms with van der Waals surface area (Å²) in [6.07, 6.45) is 0. The number of hydrogen-bond acceptors (Lipinski definition) is 6. The van der Waals surface area contributed by atoms with E-state index in [-0.39, 0.29) is 16.3 Å². The molecule has 0 spiro atoms. The van der Waals surface area contributed by atoms with Gasteiger partial charge < -0.3 is 11.1 Å². The Balaban J connectivity index is 1.64. The van der Waals surface area contributed by atoms with E-state index >= 15 is 0 Å². The maximum Gasteiger partial charge on any atom is 0.257 e. The molecule has 0 radical (unpaired) electrons. The highest BCUT2D eigenvalue weighted by Gasteiger charge is 2.25. The zero-order chi connectivity index (χ0) is 24.7. The summed E-state index contributed by atoms with van der Waals surface area (Å²) >= 11 is 0. The highest BCUT2D eigenvalue weighted by Crippen LogP contribution is 2.31. The number of nitrogens with one attached hydrogen (secondary N) is 1. The van der Waals surface area contributed by atoms with Gasteiger partial charge in [-0.1, -0.05) is 42.0 Å². The molecule has 0 aliphatic carbocycles. The highest BCUT2D eigenvalue weighted by atomic mass is 32.2. The Morgan fingerprint density at radius 3 is 2.20 bits per heavy atom. The first-order valence-corrected chi connectivity index (χ1v) is 12.3. The molecule has 0 fully saturated rings. The van der Waals surface area contributed by atoms with E-state index in [2.05, 4.69) is 10.3 Å². The van der Waals surface area contributed by atoms with Crippen molar-refractivity contribution >= 4 is 43.9 Å². The lowest BCUT2D eigenvalue weighted by molar-refractivity contribution is 0.0953. The van der Waals surface area contributed by atoms with Crippen LogP contribution in [0.2, 0.25) is 0 Å². The second-order valence-corrected chi connectivity index (χ2v) is 9.75. The number of carbonyl (C=O) groups is 1. The zero-order valence-corrected chi connectivity index (χ0v) is 19.6. The quantitative estimate of drug-likeness (QED) is 0.348. The van der Waals surface area contributed by atoms with Crippen LogP contribution in [0.25, 0.3) is 27.9 Å². The van der Waals surface area contributed by atoms with Gasteiger partial charge in [0.15, 0.2) is 5.65 Å². The highest BCUT2D eigenvalue weighted by molar-refractivity contribution is 7.89. The summed E-state index contributed by atoms with van der Waals surface area (Å²) in [6, 6.07) is 21.0. The molecule has 35 heavy (non-hydrogen) atoms. The molecule has 9 nitrogen and oxygen atoms in total. The normalized spacial score (nSPS) is 11.7. The average Bonchev–Trinajstić information content (AvgIpc) is 3.12. The van der Waals surface area contributed by atoms with Crippen molar-refractivity contribution in [1.29, 1.82) is 0 Å². The molecule has 5 N–H and O–H groups in total. The number of para-hydroxylation sites is 2. The first kappa shape index (κ1) is 22.5. The summed E-state index contributed by atoms with van der Waals surface area (Å²) in [6.45, 7) is 2.31. The van der Waals surface area contributed by atoms with E-state index < -0.39 is 15.9 Å². The van der Waals surface area contributed by atoms with Crippen LogP contribution in [0.3, 0.4) is 0 Å². The number of carbonyl (C=O) groups excluding carboxylic acids is 1. The number of sulfonamides is 1. The van der Waals surface area contributed by atoms with Crippen molar-refractivity contribution in [2.24, 2.45) is 5.14 Å². The summed E-state index contributed by atoms with van der Waals surface area (Å²) in [4.78, 5) is 22.7. The largest absolute Gasteiger partial charge is 0.384 e. The minimum atomic E-state index is -3.86. The predicted octanol–water partition coefficient (Wildman–Crippen LogP) is 3.04. The van der Waals surface area contributed by atoms with Gasteiger partial charge in [0.25, 0.3) is 5.91 Å². The smallest absolute Gasteiger partial charge is 0.257 e. The molecule has 0 bridgehead atoms. The minimum absolute atomic E-state index is 0.0381. The number of hydrogen-bond donors (Lipinski definition) is 3. The summed E-state index contributed by atoms with van der Waals surface area (Å²) in [5.74, 6) is -0.252. The van der Waals surface area contributed by atoms with Crippen LogP contribution in [0.15, 0.2) is 77.7 Å². The summed E-state index contributed by atoms with van der Waals surface area (Å²) in [5.41, 5.74) is 11.3. The van der Waals surface area contributed by atoms with Crippen molar-refractivity contribution in [3.63, 3.8) is 0 Å². The topological polar surface area (TPSA) is 146 Å². The molecule has 0 atom stereocenters. The fourth-order valence-corrected chi connectivity index (χ4v) is 4.42. The van der Waals surface area contributed by atoms with Crippen molar-refractivity contribution in [3.8, 4) is 5.69 Å². The van der Waals surface area contributed by atoms with Crippen molar-refractivity contribution in [2.45, 2.75) is 18.4 Å². The number of aryl methyl sites for hydroxylation is 1. The molecule has 5 rings (SSSR count). The van der Waals surface area contributed by atoms with E-state index in [0.29, 0.717) is 34.4 Å². The van der Waals surface area contributed by atoms with E-state index in [4.69, 9.17) is 15.9 Å². The SMILES string of the molecule is Cc1ccc(CNC(=O)c2c(N)n(-c3ccc(S(N)(=O)=O)cc3)c3nc4ccccc4nc23)cc1. The lowest BCUT2D eigenvalue weighted by atomic mass is 10.1. The number of nitrogens with zero attached hydrogens (tertiary/aromatic N) is 3. The number of nitrogens with two attached hydrogens (primary N) is 2. The van der Waals surface area contributed by atoms with Crippen LogP contribution >= 0.6 is 0 Å². The van der Waals surface area contributed by atoms with E-state index in [1.807, 2.05) is 55.5 Å². The maximum absolute atomic E-state index is 13.3. The van der Waals surface area contributed by atoms with E-state index in [1.54, 1.807) is 16.7 Å². The molecule has 10 heteroatoms. The predicted molar refractivity (Wildman–Crippen MR) is 135 cm³/mol. The van der Waals surface area contributed by atoms with E-state index in [9.17, 15) is 13.2 Å². The number of aromatic nitrogens is 3. The molecular weight excluding hydrogens is 464 g/mol. The Kier molecular flexibility index (Phi) is 5.46. The van der Waals surface area contributed by atoms with Gasteiger partial charge in [-0.2, -0.15) is 0 Å². The van der Waals surface area contributed by atoms with Crippen LogP contribution in [0.4, 0.5) is 5.82 Å². The molecule has 176 valence electrons. The van der Waals surface area contributed by atoms with Gasteiger partial charge in [-0.25, -0.2) is 23.5 Å². The average molecular weight is 487 g/mol. The molecule has 0 saturated heterocycles. The molecule has 3 aromatic carbocycles. The fraction of sp³-hybridized carbons (Fsp3) is 0.0800. The molecule has 0 unspecified atom stereocenters. The van der Waals surface area contributed by atoms with Crippen LogP contribution in [0.5, 0.6) is 0 Å². The molecule has 0 saturated carbocycles. The van der Waals surface area contributed by atoms with Gasteiger partial charge in [-0.05, 0) is 48.9 Å². The number of primary sulfonamides is 1. The first-order valence-electron chi connectivity index (χ1n) is 10.8. The molecule has 1 amide bonds. The molecule has 2 aromatic heterocycles. The third-order valence-electron chi connectivity index (χ3n) is 5.72. The standard InChI is InChI=1S/C25H22N6O3S/c1-15-6-8-16(9-7-15)14-28-25(32)21-22-24(30-20-5-3-2-4-19(20)29-22)31(23(21)26)17-10-12-18(13-11-17)35(27,33)34/h2-13H,14,26H2,1H3,(H,28,32)(H2,27,33,34). The third-order valence-corrected chi connectivity index (χ3v) is 6.65. The number of fused-ring (bicyclic) bond motifs is 2. The number of anilines is 1. The Morgan fingerprint density at radius 2 is 1.57 bits per heavy atom. The molecule has 0 aliphatic rings. The van der Waals surface area contributed by atoms with Gasteiger partial charge >= 0.3 is 0 Å². The molecular formula is C25H22N6O3S. The van der Waals surface area contributed by atoms with E-state index in [1.165, 1.54) is 12.1 Å². The fourth-order valence-electron chi connectivity index (χ4n) is 3.91. The van der Waals surface area contributed by atoms with Crippen molar-refractivity contribution in [2.75, 3.05) is 5.73 Å². The Labute approximate surface area is 201 Å². The Hall–Kier alpha value is -4.28. The van der Waals surface area contributed by atoms with Gasteiger partial charge in [-0.3, -0.25) is 9.36 Å². The Morgan fingerprint density at radius 1 is 0.943 bits per heavy atom. The van der Waals surface area contributed by atoms with Crippen molar-refractivity contribution in [1.82, 2.24) is 19.9 Å². The molecule has 2 heterocycles. The van der Waals surface area contributed by atoms with Gasteiger partial charge in [0.1, 0.15) is 16.9 Å². The van der Waals surface area contributed by atoms with Crippen LogP contribution in [-0.4, -0.2) is 28.9 Å². The number of rotatable bonds is 5. The van der Waals surface area contributed by atoms with Crippen LogP contribution < -0.4 is 16.2 Å². The number of amides is 1. The van der Waals surface area contributed by atoms with Gasteiger partial charge in [0.2, 0.25) is 10.0 Å². The van der Waals surface area contributed by atoms with E-state index in [0.717, 1.165) is 11.1 Å².